The number of urea groups is 1. The molecule has 0 unspecified atom stereocenters. The first-order valence-corrected chi connectivity index (χ1v) is 5.24. The van der Waals surface area contributed by atoms with Crippen LogP contribution in [0.2, 0.25) is 0 Å². The maximum absolute atomic E-state index is 11.5. The van der Waals surface area contributed by atoms with Gasteiger partial charge in [0.2, 0.25) is 0 Å². The molecular weight excluding hydrogens is 236 g/mol. The molecule has 0 saturated heterocycles. The molecule has 0 aliphatic heterocycles. The van der Waals surface area contributed by atoms with Crippen LogP contribution in [-0.2, 0) is 6.54 Å². The van der Waals surface area contributed by atoms with Gasteiger partial charge in [-0.25, -0.2) is 4.79 Å². The van der Waals surface area contributed by atoms with Crippen LogP contribution in [0, 0.1) is 0 Å². The van der Waals surface area contributed by atoms with Crippen molar-refractivity contribution < 1.29 is 19.4 Å². The topological polar surface area (TPSA) is 94.7 Å². The number of benzene rings is 1. The quantitative estimate of drug-likeness (QED) is 0.668. The summed E-state index contributed by atoms with van der Waals surface area (Å²) in [4.78, 5) is 11.5. The maximum Gasteiger partial charge on any atom is 0.319 e. The van der Waals surface area contributed by atoms with Crippen molar-refractivity contribution in [1.82, 2.24) is 5.32 Å². The summed E-state index contributed by atoms with van der Waals surface area (Å²) >= 11 is 0. The minimum absolute atomic E-state index is 0.128. The summed E-state index contributed by atoms with van der Waals surface area (Å²) in [5.41, 5.74) is 0.296. The highest BCUT2D eigenvalue weighted by molar-refractivity contribution is 5.89. The van der Waals surface area contributed by atoms with E-state index in [1.807, 2.05) is 0 Å². The molecule has 1 heterocycles. The molecule has 0 radical (unpaired) electrons. The number of anilines is 1. The highest BCUT2D eigenvalue weighted by Crippen LogP contribution is 2.23. The van der Waals surface area contributed by atoms with E-state index in [0.29, 0.717) is 11.4 Å². The van der Waals surface area contributed by atoms with E-state index < -0.39 is 6.03 Å². The van der Waals surface area contributed by atoms with Crippen LogP contribution in [0.5, 0.6) is 11.5 Å². The van der Waals surface area contributed by atoms with Gasteiger partial charge in [-0.15, -0.1) is 0 Å². The lowest BCUT2D eigenvalue weighted by Gasteiger charge is -2.07. The molecule has 2 amide bonds. The van der Waals surface area contributed by atoms with Gasteiger partial charge in [0.05, 0.1) is 12.8 Å². The predicted molar refractivity (Wildman–Crippen MR) is 64.3 cm³/mol. The number of amides is 2. The van der Waals surface area contributed by atoms with Crippen LogP contribution in [0.3, 0.4) is 0 Å². The molecule has 4 N–H and O–H groups in total. The standard InChI is InChI=1S/C12H12N2O4/c15-9-4-8(5-10(16)6-9)14-12(17)13-7-11-2-1-3-18-11/h1-6,15-16H,7H2,(H2,13,14,17). The third-order valence-corrected chi connectivity index (χ3v) is 2.16. The molecule has 0 spiro atoms. The Kier molecular flexibility index (Phi) is 3.38. The summed E-state index contributed by atoms with van der Waals surface area (Å²) in [6, 6.07) is 6.82. The highest BCUT2D eigenvalue weighted by atomic mass is 16.3. The van der Waals surface area contributed by atoms with Crippen molar-refractivity contribution in [2.24, 2.45) is 0 Å². The molecule has 94 valence electrons. The van der Waals surface area contributed by atoms with E-state index in [1.165, 1.54) is 24.5 Å². The van der Waals surface area contributed by atoms with E-state index in [1.54, 1.807) is 12.1 Å². The first kappa shape index (κ1) is 11.8. The van der Waals surface area contributed by atoms with Gasteiger partial charge >= 0.3 is 6.03 Å². The zero-order chi connectivity index (χ0) is 13.0. The average molecular weight is 248 g/mol. The van der Waals surface area contributed by atoms with E-state index in [2.05, 4.69) is 10.6 Å². The number of carbonyl (C=O) groups is 1. The predicted octanol–water partition coefficient (Wildman–Crippen LogP) is 2.01. The third-order valence-electron chi connectivity index (χ3n) is 2.16. The molecule has 0 saturated carbocycles. The number of carbonyl (C=O) groups excluding carboxylic acids is 1. The van der Waals surface area contributed by atoms with Crippen molar-refractivity contribution in [3.8, 4) is 11.5 Å². The Morgan fingerprint density at radius 3 is 2.56 bits per heavy atom. The summed E-state index contributed by atoms with van der Waals surface area (Å²) in [6.45, 7) is 0.254. The second-order valence-corrected chi connectivity index (χ2v) is 3.63. The number of rotatable bonds is 3. The smallest absolute Gasteiger partial charge is 0.319 e. The van der Waals surface area contributed by atoms with Crippen molar-refractivity contribution in [3.63, 3.8) is 0 Å². The molecule has 1 aromatic heterocycles. The fourth-order valence-corrected chi connectivity index (χ4v) is 1.42. The Bertz CT molecular complexity index is 517. The van der Waals surface area contributed by atoms with Crippen molar-refractivity contribution in [2.75, 3.05) is 5.32 Å². The third kappa shape index (κ3) is 3.18. The lowest BCUT2D eigenvalue weighted by molar-refractivity contribution is 0.251. The minimum Gasteiger partial charge on any atom is -0.508 e. The second kappa shape index (κ2) is 5.13. The molecule has 0 aliphatic carbocycles. The molecule has 1 aromatic carbocycles. The summed E-state index contributed by atoms with van der Waals surface area (Å²) < 4.78 is 5.05. The van der Waals surface area contributed by atoms with Gasteiger partial charge < -0.3 is 25.3 Å². The Labute approximate surface area is 103 Å². The summed E-state index contributed by atoms with van der Waals surface area (Å²) in [6.07, 6.45) is 1.52. The van der Waals surface area contributed by atoms with Crippen molar-refractivity contribution >= 4 is 11.7 Å². The number of hydrogen-bond donors (Lipinski definition) is 4. The second-order valence-electron chi connectivity index (χ2n) is 3.63. The van der Waals surface area contributed by atoms with Crippen LogP contribution in [0.15, 0.2) is 41.0 Å². The monoisotopic (exact) mass is 248 g/mol. The first-order valence-electron chi connectivity index (χ1n) is 5.24. The largest absolute Gasteiger partial charge is 0.508 e. The SMILES string of the molecule is O=C(NCc1ccco1)Nc1cc(O)cc(O)c1. The Hall–Kier alpha value is -2.63. The van der Waals surface area contributed by atoms with Gasteiger partial charge in [-0.3, -0.25) is 0 Å². The molecule has 18 heavy (non-hydrogen) atoms. The summed E-state index contributed by atoms with van der Waals surface area (Å²) in [5.74, 6) is 0.372. The summed E-state index contributed by atoms with van der Waals surface area (Å²) in [5, 5.41) is 23.5. The number of aromatic hydroxyl groups is 2. The van der Waals surface area contributed by atoms with Crippen LogP contribution in [0.1, 0.15) is 5.76 Å². The number of phenolic OH excluding ortho intramolecular Hbond substituents is 2. The Balaban J connectivity index is 1.90. The van der Waals surface area contributed by atoms with Gasteiger partial charge in [0.25, 0.3) is 0 Å². The first-order chi connectivity index (χ1) is 8.63. The normalized spacial score (nSPS) is 10.0. The van der Waals surface area contributed by atoms with Crippen LogP contribution >= 0.6 is 0 Å². The zero-order valence-electron chi connectivity index (χ0n) is 9.38. The van der Waals surface area contributed by atoms with Gasteiger partial charge in [0.1, 0.15) is 17.3 Å². The van der Waals surface area contributed by atoms with E-state index in [4.69, 9.17) is 4.42 Å². The Morgan fingerprint density at radius 2 is 1.94 bits per heavy atom. The van der Waals surface area contributed by atoms with E-state index in [0.717, 1.165) is 0 Å². The average Bonchev–Trinajstić information content (AvgIpc) is 2.77. The molecule has 0 bridgehead atoms. The number of hydrogen-bond acceptors (Lipinski definition) is 4. The lowest BCUT2D eigenvalue weighted by Crippen LogP contribution is -2.27. The van der Waals surface area contributed by atoms with Gasteiger partial charge in [-0.2, -0.15) is 0 Å². The van der Waals surface area contributed by atoms with Crippen molar-refractivity contribution in [3.05, 3.63) is 42.4 Å². The molecule has 2 aromatic rings. The van der Waals surface area contributed by atoms with E-state index in [9.17, 15) is 15.0 Å². The maximum atomic E-state index is 11.5. The molecule has 6 heteroatoms. The molecule has 0 aliphatic rings. The van der Waals surface area contributed by atoms with Crippen LogP contribution in [0.25, 0.3) is 0 Å². The van der Waals surface area contributed by atoms with E-state index in [-0.39, 0.29) is 18.0 Å². The fraction of sp³-hybridized carbons (Fsp3) is 0.0833. The Morgan fingerprint density at radius 1 is 1.22 bits per heavy atom. The molecule has 0 atom stereocenters. The number of phenols is 2. The number of furan rings is 1. The lowest BCUT2D eigenvalue weighted by atomic mass is 10.3. The van der Waals surface area contributed by atoms with Gasteiger partial charge in [-0.1, -0.05) is 0 Å². The van der Waals surface area contributed by atoms with Gasteiger partial charge in [0.15, 0.2) is 0 Å². The molecule has 2 rings (SSSR count). The minimum atomic E-state index is -0.462. The van der Waals surface area contributed by atoms with E-state index >= 15 is 0 Å². The number of nitrogens with one attached hydrogen (secondary N) is 2. The molecule has 0 fully saturated rings. The van der Waals surface area contributed by atoms with Crippen LogP contribution in [0.4, 0.5) is 10.5 Å². The molecule has 6 nitrogen and oxygen atoms in total. The molecular formula is C12H12N2O4. The zero-order valence-corrected chi connectivity index (χ0v) is 9.38. The van der Waals surface area contributed by atoms with Crippen molar-refractivity contribution in [2.45, 2.75) is 6.54 Å². The van der Waals surface area contributed by atoms with Gasteiger partial charge in [-0.05, 0) is 12.1 Å². The van der Waals surface area contributed by atoms with Crippen LogP contribution < -0.4 is 10.6 Å². The highest BCUT2D eigenvalue weighted by Gasteiger charge is 2.05. The summed E-state index contributed by atoms with van der Waals surface area (Å²) in [7, 11) is 0. The van der Waals surface area contributed by atoms with Gasteiger partial charge in [0, 0.05) is 23.9 Å². The van der Waals surface area contributed by atoms with Crippen LogP contribution in [-0.4, -0.2) is 16.2 Å². The fourth-order valence-electron chi connectivity index (χ4n) is 1.42. The van der Waals surface area contributed by atoms with Crippen molar-refractivity contribution in [1.29, 1.82) is 0 Å².